The van der Waals surface area contributed by atoms with Crippen LogP contribution in [0.4, 0.5) is 10.5 Å². The third-order valence-corrected chi connectivity index (χ3v) is 3.87. The highest BCUT2D eigenvalue weighted by molar-refractivity contribution is 5.90. The number of anilines is 1. The summed E-state index contributed by atoms with van der Waals surface area (Å²) in [6.45, 7) is 3.99. The highest BCUT2D eigenvalue weighted by atomic mass is 16.5. The molecule has 20 heavy (non-hydrogen) atoms. The standard InChI is InChI=1S/C14H23N3O3/c1-3-11-12(10(2)20-17-11)16-13(18)15-9-14(19)7-5-4-6-8-14/h19H,3-9H2,1-2H3,(H2,15,16,18). The molecule has 1 aliphatic carbocycles. The Kier molecular flexibility index (Phi) is 4.65. The number of nitrogens with zero attached hydrogens (tertiary/aromatic N) is 1. The van der Waals surface area contributed by atoms with E-state index in [2.05, 4.69) is 15.8 Å². The van der Waals surface area contributed by atoms with Gasteiger partial charge >= 0.3 is 6.03 Å². The first-order chi connectivity index (χ1) is 9.54. The minimum atomic E-state index is -0.757. The van der Waals surface area contributed by atoms with Gasteiger partial charge in [-0.05, 0) is 26.2 Å². The van der Waals surface area contributed by atoms with Crippen LogP contribution in [0.5, 0.6) is 0 Å². The average molecular weight is 281 g/mol. The maximum Gasteiger partial charge on any atom is 0.319 e. The van der Waals surface area contributed by atoms with E-state index in [1.807, 2.05) is 6.92 Å². The van der Waals surface area contributed by atoms with Crippen molar-refractivity contribution in [3.8, 4) is 0 Å². The number of urea groups is 1. The van der Waals surface area contributed by atoms with Gasteiger partial charge in [-0.15, -0.1) is 0 Å². The lowest BCUT2D eigenvalue weighted by Gasteiger charge is -2.32. The minimum Gasteiger partial charge on any atom is -0.388 e. The first kappa shape index (κ1) is 14.8. The van der Waals surface area contributed by atoms with Crippen LogP contribution in [0.25, 0.3) is 0 Å². The van der Waals surface area contributed by atoms with Gasteiger partial charge < -0.3 is 20.3 Å². The summed E-state index contributed by atoms with van der Waals surface area (Å²) in [5, 5.41) is 19.7. The molecule has 1 aliphatic rings. The van der Waals surface area contributed by atoms with Crippen molar-refractivity contribution >= 4 is 11.7 Å². The van der Waals surface area contributed by atoms with E-state index in [-0.39, 0.29) is 12.6 Å². The molecule has 1 saturated carbocycles. The van der Waals surface area contributed by atoms with Crippen LogP contribution in [0.1, 0.15) is 50.5 Å². The second-order valence-electron chi connectivity index (χ2n) is 5.51. The van der Waals surface area contributed by atoms with Crippen molar-refractivity contribution in [2.75, 3.05) is 11.9 Å². The fraction of sp³-hybridized carbons (Fsp3) is 0.714. The molecular weight excluding hydrogens is 258 g/mol. The SMILES string of the molecule is CCc1noc(C)c1NC(=O)NCC1(O)CCCCC1. The normalized spacial score (nSPS) is 17.8. The number of aryl methyl sites for hydroxylation is 2. The van der Waals surface area contributed by atoms with E-state index in [1.165, 1.54) is 0 Å². The van der Waals surface area contributed by atoms with Crippen LogP contribution < -0.4 is 10.6 Å². The third-order valence-electron chi connectivity index (χ3n) is 3.87. The maximum absolute atomic E-state index is 11.9. The van der Waals surface area contributed by atoms with Crippen molar-refractivity contribution in [1.29, 1.82) is 0 Å². The van der Waals surface area contributed by atoms with Gasteiger partial charge in [0.25, 0.3) is 0 Å². The van der Waals surface area contributed by atoms with Gasteiger partial charge in [0.2, 0.25) is 0 Å². The molecule has 0 bridgehead atoms. The Morgan fingerprint density at radius 2 is 2.10 bits per heavy atom. The predicted molar refractivity (Wildman–Crippen MR) is 75.7 cm³/mol. The van der Waals surface area contributed by atoms with Crippen molar-refractivity contribution in [3.63, 3.8) is 0 Å². The molecule has 6 heteroatoms. The van der Waals surface area contributed by atoms with Crippen molar-refractivity contribution in [2.24, 2.45) is 0 Å². The lowest BCUT2D eigenvalue weighted by Crippen LogP contribution is -2.45. The summed E-state index contributed by atoms with van der Waals surface area (Å²) in [5.74, 6) is 0.591. The molecule has 0 unspecified atom stereocenters. The molecule has 0 saturated heterocycles. The summed E-state index contributed by atoms with van der Waals surface area (Å²) in [6, 6.07) is -0.329. The molecule has 6 nitrogen and oxygen atoms in total. The van der Waals surface area contributed by atoms with E-state index < -0.39 is 5.60 Å². The van der Waals surface area contributed by atoms with E-state index in [4.69, 9.17) is 4.52 Å². The Hall–Kier alpha value is -1.56. The number of aromatic nitrogens is 1. The van der Waals surface area contributed by atoms with Crippen LogP contribution in [-0.2, 0) is 6.42 Å². The highest BCUT2D eigenvalue weighted by Gasteiger charge is 2.29. The Bertz CT molecular complexity index is 464. The number of carbonyl (C=O) groups excluding carboxylic acids is 1. The lowest BCUT2D eigenvalue weighted by molar-refractivity contribution is 0.00755. The highest BCUT2D eigenvalue weighted by Crippen LogP contribution is 2.27. The molecule has 1 aromatic heterocycles. The van der Waals surface area contributed by atoms with Crippen LogP contribution in [0.2, 0.25) is 0 Å². The van der Waals surface area contributed by atoms with Crippen LogP contribution in [0.3, 0.4) is 0 Å². The molecule has 0 radical (unpaired) electrons. The minimum absolute atomic E-state index is 0.282. The van der Waals surface area contributed by atoms with Crippen LogP contribution in [-0.4, -0.2) is 28.4 Å². The van der Waals surface area contributed by atoms with E-state index in [9.17, 15) is 9.90 Å². The monoisotopic (exact) mass is 281 g/mol. The number of hydrogen-bond donors (Lipinski definition) is 3. The van der Waals surface area contributed by atoms with Gasteiger partial charge in [0, 0.05) is 6.54 Å². The molecule has 2 amide bonds. The topological polar surface area (TPSA) is 87.4 Å². The summed E-state index contributed by atoms with van der Waals surface area (Å²) < 4.78 is 5.06. The van der Waals surface area contributed by atoms with Gasteiger partial charge in [-0.3, -0.25) is 0 Å². The van der Waals surface area contributed by atoms with Crippen LogP contribution in [0, 0.1) is 6.92 Å². The third kappa shape index (κ3) is 3.50. The molecule has 0 spiro atoms. The number of amides is 2. The zero-order valence-electron chi connectivity index (χ0n) is 12.2. The van der Waals surface area contributed by atoms with Crippen molar-refractivity contribution in [2.45, 2.75) is 58.0 Å². The molecule has 112 valence electrons. The smallest absolute Gasteiger partial charge is 0.319 e. The summed E-state index contributed by atoms with van der Waals surface area (Å²) in [7, 11) is 0. The molecule has 1 fully saturated rings. The van der Waals surface area contributed by atoms with Gasteiger partial charge in [-0.2, -0.15) is 0 Å². The van der Waals surface area contributed by atoms with E-state index in [0.29, 0.717) is 17.9 Å². The second-order valence-corrected chi connectivity index (χ2v) is 5.51. The zero-order chi connectivity index (χ0) is 14.6. The molecule has 2 rings (SSSR count). The summed E-state index contributed by atoms with van der Waals surface area (Å²) >= 11 is 0. The Balaban J connectivity index is 1.87. The number of rotatable bonds is 4. The molecule has 0 aliphatic heterocycles. The fourth-order valence-corrected chi connectivity index (χ4v) is 2.61. The number of hydrogen-bond acceptors (Lipinski definition) is 4. The van der Waals surface area contributed by atoms with Crippen molar-refractivity contribution < 1.29 is 14.4 Å². The first-order valence-electron chi connectivity index (χ1n) is 7.26. The summed E-state index contributed by atoms with van der Waals surface area (Å²) in [6.07, 6.45) is 5.39. The maximum atomic E-state index is 11.9. The van der Waals surface area contributed by atoms with Gasteiger partial charge in [0.1, 0.15) is 11.4 Å². The molecule has 0 atom stereocenters. The van der Waals surface area contributed by atoms with Crippen LogP contribution >= 0.6 is 0 Å². The summed E-state index contributed by atoms with van der Waals surface area (Å²) in [5.41, 5.74) is 0.599. The van der Waals surface area contributed by atoms with E-state index in [0.717, 1.165) is 37.8 Å². The fourth-order valence-electron chi connectivity index (χ4n) is 2.61. The second kappa shape index (κ2) is 6.26. The van der Waals surface area contributed by atoms with Gasteiger partial charge in [-0.25, -0.2) is 4.79 Å². The number of nitrogens with one attached hydrogen (secondary N) is 2. The predicted octanol–water partition coefficient (Wildman–Crippen LogP) is 2.36. The average Bonchev–Trinajstić information content (AvgIpc) is 2.78. The Morgan fingerprint density at radius 3 is 2.75 bits per heavy atom. The van der Waals surface area contributed by atoms with Crippen molar-refractivity contribution in [3.05, 3.63) is 11.5 Å². The Labute approximate surface area is 118 Å². The van der Waals surface area contributed by atoms with Gasteiger partial charge in [0.05, 0.1) is 5.60 Å². The number of carbonyl (C=O) groups is 1. The molecule has 1 heterocycles. The quantitative estimate of drug-likeness (QED) is 0.790. The van der Waals surface area contributed by atoms with Crippen LogP contribution in [0.15, 0.2) is 4.52 Å². The Morgan fingerprint density at radius 1 is 1.40 bits per heavy atom. The molecule has 0 aromatic carbocycles. The molecule has 3 N–H and O–H groups in total. The lowest BCUT2D eigenvalue weighted by atomic mass is 9.85. The van der Waals surface area contributed by atoms with Crippen molar-refractivity contribution in [1.82, 2.24) is 10.5 Å². The van der Waals surface area contributed by atoms with E-state index >= 15 is 0 Å². The largest absolute Gasteiger partial charge is 0.388 e. The van der Waals surface area contributed by atoms with Gasteiger partial charge in [-0.1, -0.05) is 31.3 Å². The molecule has 1 aromatic rings. The summed E-state index contributed by atoms with van der Waals surface area (Å²) in [4.78, 5) is 11.9. The zero-order valence-corrected chi connectivity index (χ0v) is 12.2. The first-order valence-corrected chi connectivity index (χ1v) is 7.26. The van der Waals surface area contributed by atoms with Gasteiger partial charge in [0.15, 0.2) is 5.76 Å². The van der Waals surface area contributed by atoms with E-state index in [1.54, 1.807) is 6.92 Å². The molecular formula is C14H23N3O3. The number of aliphatic hydroxyl groups is 1.